The number of halogens is 1. The largest absolute Gasteiger partial charge is 0.504 e. The third-order valence-corrected chi connectivity index (χ3v) is 6.09. The molecule has 1 N–H and O–H groups in total. The summed E-state index contributed by atoms with van der Waals surface area (Å²) in [6.45, 7) is 2.13. The minimum absolute atomic E-state index is 0.0355. The minimum atomic E-state index is -0.826. The fourth-order valence-corrected chi connectivity index (χ4v) is 4.53. The summed E-state index contributed by atoms with van der Waals surface area (Å²) in [6.07, 6.45) is 0. The number of hydrogen-bond acceptors (Lipinski definition) is 6. The van der Waals surface area contributed by atoms with E-state index in [1.807, 2.05) is 0 Å². The zero-order valence-corrected chi connectivity index (χ0v) is 19.1. The number of aromatic hydroxyl groups is 1. The van der Waals surface area contributed by atoms with Gasteiger partial charge in [0.25, 0.3) is 5.91 Å². The van der Waals surface area contributed by atoms with E-state index in [0.29, 0.717) is 39.6 Å². The number of nitrogens with zero attached hydrogens (tertiary/aromatic N) is 1. The first-order valence-corrected chi connectivity index (χ1v) is 11.0. The molecule has 0 saturated carbocycles. The van der Waals surface area contributed by atoms with E-state index in [1.54, 1.807) is 61.5 Å². The number of benzene rings is 3. The molecule has 1 aliphatic heterocycles. The van der Waals surface area contributed by atoms with Crippen molar-refractivity contribution < 1.29 is 23.8 Å². The van der Waals surface area contributed by atoms with Crippen LogP contribution in [0.4, 0.5) is 5.69 Å². The van der Waals surface area contributed by atoms with Gasteiger partial charge in [0.05, 0.1) is 35.7 Å². The third kappa shape index (κ3) is 3.36. The Morgan fingerprint density at radius 2 is 1.85 bits per heavy atom. The molecule has 1 atom stereocenters. The number of amides is 1. The number of phenols is 1. The van der Waals surface area contributed by atoms with Crippen LogP contribution in [-0.4, -0.2) is 24.7 Å². The van der Waals surface area contributed by atoms with Crippen LogP contribution in [0.2, 0.25) is 5.02 Å². The molecule has 0 aliphatic carbocycles. The first-order chi connectivity index (χ1) is 16.4. The zero-order chi connectivity index (χ0) is 24.0. The monoisotopic (exact) mass is 477 g/mol. The van der Waals surface area contributed by atoms with Crippen molar-refractivity contribution in [2.24, 2.45) is 0 Å². The van der Waals surface area contributed by atoms with E-state index in [-0.39, 0.29) is 28.3 Å². The van der Waals surface area contributed by atoms with Crippen LogP contribution in [0.25, 0.3) is 11.0 Å². The number of hydrogen-bond donors (Lipinski definition) is 1. The number of carbonyl (C=O) groups is 1. The predicted octanol–water partition coefficient (Wildman–Crippen LogP) is 5.31. The number of fused-ring (bicyclic) bond motifs is 2. The molecule has 0 saturated heterocycles. The van der Waals surface area contributed by atoms with Gasteiger partial charge in [-0.1, -0.05) is 29.8 Å². The lowest BCUT2D eigenvalue weighted by atomic mass is 9.97. The molecule has 7 nitrogen and oxygen atoms in total. The van der Waals surface area contributed by atoms with Gasteiger partial charge in [0, 0.05) is 5.69 Å². The summed E-state index contributed by atoms with van der Waals surface area (Å²) < 4.78 is 16.7. The van der Waals surface area contributed by atoms with Crippen molar-refractivity contribution >= 4 is 34.2 Å². The molecule has 1 amide bonds. The normalized spacial score (nSPS) is 15.0. The molecule has 8 heteroatoms. The van der Waals surface area contributed by atoms with E-state index in [0.717, 1.165) is 0 Å². The number of methoxy groups -OCH3 is 1. The minimum Gasteiger partial charge on any atom is -0.504 e. The molecule has 2 heterocycles. The van der Waals surface area contributed by atoms with Crippen molar-refractivity contribution in [2.75, 3.05) is 18.6 Å². The first kappa shape index (κ1) is 21.9. The Labute approximate surface area is 199 Å². The van der Waals surface area contributed by atoms with Crippen LogP contribution in [0.15, 0.2) is 69.9 Å². The Hall–Kier alpha value is -3.97. The van der Waals surface area contributed by atoms with E-state index < -0.39 is 11.9 Å². The Morgan fingerprint density at radius 3 is 2.59 bits per heavy atom. The van der Waals surface area contributed by atoms with Crippen molar-refractivity contribution in [1.29, 1.82) is 0 Å². The van der Waals surface area contributed by atoms with E-state index in [9.17, 15) is 14.7 Å². The fourth-order valence-electron chi connectivity index (χ4n) is 4.28. The third-order valence-electron chi connectivity index (χ3n) is 5.79. The number of anilines is 1. The van der Waals surface area contributed by atoms with E-state index in [1.165, 1.54) is 18.1 Å². The predicted molar refractivity (Wildman–Crippen MR) is 128 cm³/mol. The zero-order valence-electron chi connectivity index (χ0n) is 18.4. The molecule has 172 valence electrons. The summed E-state index contributed by atoms with van der Waals surface area (Å²) in [5.74, 6) is 0.148. The summed E-state index contributed by atoms with van der Waals surface area (Å²) in [4.78, 5) is 28.7. The second kappa shape index (κ2) is 8.43. The van der Waals surface area contributed by atoms with Gasteiger partial charge < -0.3 is 19.0 Å². The fraction of sp³-hybridized carbons (Fsp3) is 0.154. The molecular weight excluding hydrogens is 458 g/mol. The second-order valence-electron chi connectivity index (χ2n) is 7.73. The van der Waals surface area contributed by atoms with Crippen LogP contribution >= 0.6 is 11.6 Å². The highest BCUT2D eigenvalue weighted by Gasteiger charge is 2.44. The summed E-state index contributed by atoms with van der Waals surface area (Å²) in [5, 5.41) is 10.9. The van der Waals surface area contributed by atoms with Crippen molar-refractivity contribution in [3.05, 3.63) is 92.8 Å². The molecule has 1 unspecified atom stereocenters. The van der Waals surface area contributed by atoms with Crippen LogP contribution in [0.3, 0.4) is 0 Å². The van der Waals surface area contributed by atoms with Crippen LogP contribution in [0.1, 0.15) is 34.6 Å². The number of para-hydroxylation sites is 1. The van der Waals surface area contributed by atoms with Crippen LogP contribution in [-0.2, 0) is 0 Å². The van der Waals surface area contributed by atoms with E-state index >= 15 is 0 Å². The topological polar surface area (TPSA) is 89.2 Å². The standard InChI is InChI=1S/C26H20ClNO6/c1-3-33-21-12-14(8-10-18(21)29)23-22-24(30)16-6-4-5-7-19(16)34-25(22)26(31)28(23)15-9-11-20(32-2)17(27)13-15/h4-13,23,29H,3H2,1-2H3. The van der Waals surface area contributed by atoms with Crippen molar-refractivity contribution in [3.8, 4) is 17.2 Å². The molecule has 1 aliphatic rings. The maximum atomic E-state index is 13.7. The van der Waals surface area contributed by atoms with Crippen LogP contribution < -0.4 is 19.8 Å². The Balaban J connectivity index is 1.78. The molecule has 0 radical (unpaired) electrons. The molecule has 0 bridgehead atoms. The summed E-state index contributed by atoms with van der Waals surface area (Å²) in [7, 11) is 1.50. The van der Waals surface area contributed by atoms with Crippen LogP contribution in [0, 0.1) is 0 Å². The maximum absolute atomic E-state index is 13.7. The summed E-state index contributed by atoms with van der Waals surface area (Å²) in [5.41, 5.74) is 1.27. The lowest BCUT2D eigenvalue weighted by molar-refractivity contribution is 0.0971. The molecular formula is C26H20ClNO6. The molecule has 0 spiro atoms. The maximum Gasteiger partial charge on any atom is 0.295 e. The lowest BCUT2D eigenvalue weighted by Gasteiger charge is -2.26. The Bertz CT molecular complexity index is 1490. The quantitative estimate of drug-likeness (QED) is 0.419. The molecule has 34 heavy (non-hydrogen) atoms. The lowest BCUT2D eigenvalue weighted by Crippen LogP contribution is -2.29. The number of phenolic OH excluding ortho intramolecular Hbond substituents is 1. The average molecular weight is 478 g/mol. The Morgan fingerprint density at radius 1 is 1.06 bits per heavy atom. The van der Waals surface area contributed by atoms with Crippen molar-refractivity contribution in [2.45, 2.75) is 13.0 Å². The van der Waals surface area contributed by atoms with E-state index in [4.69, 9.17) is 25.5 Å². The summed E-state index contributed by atoms with van der Waals surface area (Å²) >= 11 is 6.36. The van der Waals surface area contributed by atoms with Gasteiger partial charge in [0.1, 0.15) is 11.3 Å². The average Bonchev–Trinajstić information content (AvgIpc) is 3.13. The molecule has 0 fully saturated rings. The number of carbonyl (C=O) groups excluding carboxylic acids is 1. The first-order valence-electron chi connectivity index (χ1n) is 10.6. The van der Waals surface area contributed by atoms with Crippen molar-refractivity contribution in [1.82, 2.24) is 0 Å². The Kier molecular flexibility index (Phi) is 5.42. The number of rotatable bonds is 5. The van der Waals surface area contributed by atoms with Gasteiger partial charge >= 0.3 is 0 Å². The molecule has 1 aromatic heterocycles. The van der Waals surface area contributed by atoms with Crippen molar-refractivity contribution in [3.63, 3.8) is 0 Å². The highest BCUT2D eigenvalue weighted by molar-refractivity contribution is 6.32. The van der Waals surface area contributed by atoms with Gasteiger partial charge in [-0.25, -0.2) is 0 Å². The summed E-state index contributed by atoms with van der Waals surface area (Å²) in [6, 6.07) is 15.7. The highest BCUT2D eigenvalue weighted by Crippen LogP contribution is 2.44. The van der Waals surface area contributed by atoms with Gasteiger partial charge in [-0.2, -0.15) is 0 Å². The smallest absolute Gasteiger partial charge is 0.295 e. The number of ether oxygens (including phenoxy) is 2. The van der Waals surface area contributed by atoms with Gasteiger partial charge in [0.15, 0.2) is 16.9 Å². The molecule has 4 aromatic rings. The molecule has 5 rings (SSSR count). The van der Waals surface area contributed by atoms with Gasteiger partial charge in [-0.3, -0.25) is 14.5 Å². The van der Waals surface area contributed by atoms with Gasteiger partial charge in [0.2, 0.25) is 5.76 Å². The SMILES string of the molecule is CCOc1cc(C2c3c(oc4ccccc4c3=O)C(=O)N2c2ccc(OC)c(Cl)c2)ccc1O. The van der Waals surface area contributed by atoms with E-state index in [2.05, 4.69) is 0 Å². The van der Waals surface area contributed by atoms with Crippen LogP contribution in [0.5, 0.6) is 17.2 Å². The molecule has 3 aromatic carbocycles. The van der Waals surface area contributed by atoms with Gasteiger partial charge in [-0.15, -0.1) is 0 Å². The second-order valence-corrected chi connectivity index (χ2v) is 8.13. The van der Waals surface area contributed by atoms with Gasteiger partial charge in [-0.05, 0) is 55.0 Å². The highest BCUT2D eigenvalue weighted by atomic mass is 35.5.